The summed E-state index contributed by atoms with van der Waals surface area (Å²) in [6.45, 7) is 9.41. The third-order valence-corrected chi connectivity index (χ3v) is 12.3. The lowest BCUT2D eigenvalue weighted by atomic mass is 9.83. The van der Waals surface area contributed by atoms with Crippen LogP contribution in [0.2, 0.25) is 0 Å². The van der Waals surface area contributed by atoms with Crippen molar-refractivity contribution < 1.29 is 17.4 Å². The Bertz CT molecular complexity index is 3270. The third kappa shape index (κ3) is 8.93. The molecule has 326 valence electrons. The first-order chi connectivity index (χ1) is 34.1. The number of hydrogen-bond donors (Lipinski definition) is 1. The van der Waals surface area contributed by atoms with Gasteiger partial charge in [0.2, 0.25) is 0 Å². The Morgan fingerprint density at radius 3 is 2.00 bits per heavy atom. The van der Waals surface area contributed by atoms with Gasteiger partial charge >= 0.3 is 0 Å². The molecule has 0 spiro atoms. The lowest BCUT2D eigenvalue weighted by Gasteiger charge is -2.22. The van der Waals surface area contributed by atoms with E-state index in [9.17, 15) is 5.11 Å². The number of phenols is 1. The van der Waals surface area contributed by atoms with Crippen molar-refractivity contribution in [1.29, 1.82) is 0 Å². The highest BCUT2D eigenvalue weighted by Crippen LogP contribution is 2.44. The van der Waals surface area contributed by atoms with Crippen molar-refractivity contribution in [1.82, 2.24) is 14.5 Å². The Hall–Kier alpha value is -6.26. The van der Waals surface area contributed by atoms with Gasteiger partial charge in [-0.2, -0.15) is 0 Å². The van der Waals surface area contributed by atoms with Crippen molar-refractivity contribution in [3.8, 4) is 67.5 Å². The van der Waals surface area contributed by atoms with Crippen LogP contribution in [0.4, 0.5) is 0 Å². The Kier molecular flexibility index (Phi) is 9.28. The minimum atomic E-state index is -3.36. The number of nitrogens with zero attached hydrogens (tertiary/aromatic N) is 3. The highest BCUT2D eigenvalue weighted by Gasteiger charge is 2.25. The Morgan fingerprint density at radius 1 is 0.594 bits per heavy atom. The molecule has 0 aliphatic carbocycles. The fraction of sp³-hybridized carbons (Fsp3) is 0.300. The van der Waals surface area contributed by atoms with E-state index in [4.69, 9.17) is 22.3 Å². The number of aromatic nitrogens is 3. The number of aromatic hydroxyl groups is 1. The zero-order chi connectivity index (χ0) is 53.2. The lowest BCUT2D eigenvalue weighted by Crippen LogP contribution is -2.11. The maximum absolute atomic E-state index is 12.3. The minimum absolute atomic E-state index is 0.0578. The molecule has 0 aliphatic rings. The third-order valence-electron chi connectivity index (χ3n) is 12.3. The maximum atomic E-state index is 12.3. The SMILES string of the molecule is [2H]C([2H])([2H])C(c1ccc(-c2ccnc(-c3cc(-c4cccc5c4nc(-c4cc(C(C)C)cc(C(C)C)c4O)n5-c4ccc(-c5ccccc5)c(CC(C)C)c4)cc(C(C)(C)C)c3)c2)cc1)(C([2H])([2H])[2H])C([2H])([2H])[2H]. The van der Waals surface area contributed by atoms with Crippen LogP contribution in [0.1, 0.15) is 135 Å². The molecule has 0 unspecified atom stereocenters. The molecule has 8 rings (SSSR count). The molecule has 4 heteroatoms. The topological polar surface area (TPSA) is 50.9 Å². The van der Waals surface area contributed by atoms with Gasteiger partial charge in [0.25, 0.3) is 0 Å². The summed E-state index contributed by atoms with van der Waals surface area (Å²) in [5.41, 5.74) is 10.7. The van der Waals surface area contributed by atoms with E-state index >= 15 is 0 Å². The number of fused-ring (bicyclic) bond motifs is 1. The number of imidazole rings is 1. The molecule has 0 saturated carbocycles. The van der Waals surface area contributed by atoms with Gasteiger partial charge in [-0.25, -0.2) is 4.98 Å². The van der Waals surface area contributed by atoms with E-state index in [1.807, 2.05) is 12.1 Å². The molecule has 0 amide bonds. The van der Waals surface area contributed by atoms with Crippen molar-refractivity contribution in [2.75, 3.05) is 0 Å². The Balaban J connectivity index is 1.33. The van der Waals surface area contributed by atoms with E-state index in [1.165, 1.54) is 23.3 Å². The highest BCUT2D eigenvalue weighted by molar-refractivity contribution is 5.97. The minimum Gasteiger partial charge on any atom is -0.507 e. The fourth-order valence-corrected chi connectivity index (χ4v) is 8.67. The van der Waals surface area contributed by atoms with E-state index in [0.717, 1.165) is 62.1 Å². The monoisotopic (exact) mass is 853 g/mol. The van der Waals surface area contributed by atoms with Crippen molar-refractivity contribution in [2.24, 2.45) is 5.92 Å². The second kappa shape index (κ2) is 17.4. The summed E-state index contributed by atoms with van der Waals surface area (Å²) in [5.74, 6) is 1.49. The van der Waals surface area contributed by atoms with Crippen molar-refractivity contribution in [3.05, 3.63) is 167 Å². The predicted octanol–water partition coefficient (Wildman–Crippen LogP) is 16.5. The van der Waals surface area contributed by atoms with Gasteiger partial charge in [-0.05, 0) is 139 Å². The van der Waals surface area contributed by atoms with Crippen molar-refractivity contribution in [2.45, 2.75) is 112 Å². The summed E-state index contributed by atoms with van der Waals surface area (Å²) < 4.78 is 76.1. The van der Waals surface area contributed by atoms with Gasteiger partial charge in [0.1, 0.15) is 11.6 Å². The van der Waals surface area contributed by atoms with Gasteiger partial charge in [-0.3, -0.25) is 9.55 Å². The number of hydrogen-bond acceptors (Lipinski definition) is 3. The molecular formula is C60H65N3O. The smallest absolute Gasteiger partial charge is 0.149 e. The number of rotatable bonds is 10. The summed E-state index contributed by atoms with van der Waals surface area (Å²) >= 11 is 0. The molecule has 8 aromatic rings. The van der Waals surface area contributed by atoms with Crippen LogP contribution in [0, 0.1) is 5.92 Å². The molecule has 0 atom stereocenters. The fourth-order valence-electron chi connectivity index (χ4n) is 8.67. The number of pyridine rings is 1. The zero-order valence-electron chi connectivity index (χ0n) is 47.5. The molecule has 4 nitrogen and oxygen atoms in total. The molecule has 64 heavy (non-hydrogen) atoms. The van der Waals surface area contributed by atoms with E-state index in [1.54, 1.807) is 24.4 Å². The van der Waals surface area contributed by atoms with Crippen LogP contribution in [0.5, 0.6) is 5.75 Å². The van der Waals surface area contributed by atoms with Crippen LogP contribution in [0.25, 0.3) is 72.7 Å². The summed E-state index contributed by atoms with van der Waals surface area (Å²) in [4.78, 5) is 10.4. The average Bonchev–Trinajstić information content (AvgIpc) is 3.70. The molecular weight excluding hydrogens is 779 g/mol. The number of para-hydroxylation sites is 1. The molecule has 6 aromatic carbocycles. The van der Waals surface area contributed by atoms with Crippen LogP contribution in [0.15, 0.2) is 140 Å². The summed E-state index contributed by atoms with van der Waals surface area (Å²) in [5, 5.41) is 12.3. The Morgan fingerprint density at radius 2 is 1.33 bits per heavy atom. The first kappa shape index (κ1) is 34.2. The molecule has 0 saturated heterocycles. The summed E-state index contributed by atoms with van der Waals surface area (Å²) in [6, 6.07) is 43.5. The van der Waals surface area contributed by atoms with E-state index < -0.39 is 26.0 Å². The summed E-state index contributed by atoms with van der Waals surface area (Å²) in [6.07, 6.45) is 2.55. The molecule has 0 fully saturated rings. The first-order valence-electron chi connectivity index (χ1n) is 26.9. The lowest BCUT2D eigenvalue weighted by molar-refractivity contribution is 0.466. The van der Waals surface area contributed by atoms with Crippen LogP contribution in [-0.2, 0) is 17.3 Å². The Labute approximate surface area is 394 Å². The van der Waals surface area contributed by atoms with E-state index in [-0.39, 0.29) is 28.6 Å². The predicted molar refractivity (Wildman–Crippen MR) is 272 cm³/mol. The molecule has 0 aliphatic heterocycles. The second-order valence-corrected chi connectivity index (χ2v) is 19.4. The van der Waals surface area contributed by atoms with Gasteiger partial charge in [-0.15, -0.1) is 0 Å². The van der Waals surface area contributed by atoms with E-state index in [0.29, 0.717) is 34.1 Å². The highest BCUT2D eigenvalue weighted by atomic mass is 16.3. The van der Waals surface area contributed by atoms with E-state index in [2.05, 4.69) is 158 Å². The largest absolute Gasteiger partial charge is 0.507 e. The molecule has 2 aromatic heterocycles. The maximum Gasteiger partial charge on any atom is 0.149 e. The van der Waals surface area contributed by atoms with Gasteiger partial charge < -0.3 is 5.11 Å². The average molecular weight is 853 g/mol. The molecule has 0 bridgehead atoms. The second-order valence-electron chi connectivity index (χ2n) is 19.4. The standard InChI is InChI=1S/C60H65N3O/c1-37(2)29-44-33-49(25-26-50(44)41-17-14-13-15-18-41)63-55-20-16-19-51(56(55)62-58(63)53-35-43(38(3)4)34-52(39(5)6)57(53)64)45-30-46(32-48(31-45)60(10,11)12)54-36-42(27-28-61-54)40-21-23-47(24-22-40)59(7,8)9/h13-28,30-39,64H,29H2,1-12H3/i7D3,8D3,9D3. The number of phenolic OH excluding ortho intramolecular Hbond substituents is 1. The van der Waals surface area contributed by atoms with Crippen LogP contribution < -0.4 is 0 Å². The van der Waals surface area contributed by atoms with Crippen LogP contribution in [-0.4, -0.2) is 19.6 Å². The van der Waals surface area contributed by atoms with Gasteiger partial charge in [-0.1, -0.05) is 168 Å². The summed E-state index contributed by atoms with van der Waals surface area (Å²) in [7, 11) is 0. The normalized spacial score (nSPS) is 15.0. The van der Waals surface area contributed by atoms with Gasteiger partial charge in [0, 0.05) is 35.3 Å². The quantitative estimate of drug-likeness (QED) is 0.149. The zero-order valence-corrected chi connectivity index (χ0v) is 38.5. The van der Waals surface area contributed by atoms with Crippen LogP contribution >= 0.6 is 0 Å². The molecule has 1 N–H and O–H groups in total. The van der Waals surface area contributed by atoms with Gasteiger partial charge in [0.15, 0.2) is 0 Å². The van der Waals surface area contributed by atoms with Crippen LogP contribution in [0.3, 0.4) is 0 Å². The number of benzene rings is 6. The molecule has 0 radical (unpaired) electrons. The molecule has 2 heterocycles. The van der Waals surface area contributed by atoms with Gasteiger partial charge in [0.05, 0.1) is 22.3 Å². The van der Waals surface area contributed by atoms with Crippen molar-refractivity contribution >= 4 is 11.0 Å². The first-order valence-corrected chi connectivity index (χ1v) is 22.4. The van der Waals surface area contributed by atoms with Crippen molar-refractivity contribution in [3.63, 3.8) is 0 Å².